The largest absolute Gasteiger partial charge is 0.483 e. The van der Waals surface area contributed by atoms with Gasteiger partial charge >= 0.3 is 0 Å². The smallest absolute Gasteiger partial charge is 0.260 e. The first-order valence-electron chi connectivity index (χ1n) is 8.79. The fourth-order valence-electron chi connectivity index (χ4n) is 2.66. The number of nitrogens with zero attached hydrogens (tertiary/aromatic N) is 1. The average Bonchev–Trinajstić information content (AvgIpc) is 2.64. The molecule has 2 N–H and O–H groups in total. The standard InChI is InChI=1S/C21H26N2O3/c1-16(2)18-10-6-7-11-19(18)26-15-21(25)23(13-12-20(22)24)14-17-8-4-3-5-9-17/h3-11,16H,12-15H2,1-2H3,(H2,22,24). The topological polar surface area (TPSA) is 72.6 Å². The molecule has 0 fully saturated rings. The van der Waals surface area contributed by atoms with E-state index in [-0.39, 0.29) is 25.5 Å². The minimum atomic E-state index is -0.429. The second-order valence-electron chi connectivity index (χ2n) is 6.50. The molecule has 26 heavy (non-hydrogen) atoms. The van der Waals surface area contributed by atoms with Crippen molar-refractivity contribution in [3.05, 3.63) is 65.7 Å². The van der Waals surface area contributed by atoms with Crippen LogP contribution in [-0.2, 0) is 16.1 Å². The summed E-state index contributed by atoms with van der Waals surface area (Å²) in [6.45, 7) is 4.78. The molecule has 0 aromatic heterocycles. The molecule has 2 aromatic carbocycles. The van der Waals surface area contributed by atoms with Crippen LogP contribution in [0.3, 0.4) is 0 Å². The predicted octanol–water partition coefficient (Wildman–Crippen LogP) is 3.09. The van der Waals surface area contributed by atoms with Gasteiger partial charge in [0, 0.05) is 19.5 Å². The first-order valence-corrected chi connectivity index (χ1v) is 8.79. The summed E-state index contributed by atoms with van der Waals surface area (Å²) in [7, 11) is 0. The van der Waals surface area contributed by atoms with E-state index in [1.165, 1.54) is 0 Å². The van der Waals surface area contributed by atoms with E-state index in [1.54, 1.807) is 4.90 Å². The number of rotatable bonds is 9. The van der Waals surface area contributed by atoms with Gasteiger partial charge in [0.15, 0.2) is 6.61 Å². The molecular formula is C21H26N2O3. The van der Waals surface area contributed by atoms with Gasteiger partial charge in [0.1, 0.15) is 5.75 Å². The van der Waals surface area contributed by atoms with Gasteiger partial charge in [0.05, 0.1) is 0 Å². The fraction of sp³-hybridized carbons (Fsp3) is 0.333. The van der Waals surface area contributed by atoms with Crippen molar-refractivity contribution in [1.29, 1.82) is 0 Å². The quantitative estimate of drug-likeness (QED) is 0.752. The first-order chi connectivity index (χ1) is 12.5. The van der Waals surface area contributed by atoms with E-state index in [0.29, 0.717) is 18.2 Å². The Labute approximate surface area is 154 Å². The van der Waals surface area contributed by atoms with E-state index in [1.807, 2.05) is 54.6 Å². The van der Waals surface area contributed by atoms with Gasteiger partial charge in [-0.15, -0.1) is 0 Å². The number of para-hydroxylation sites is 1. The van der Waals surface area contributed by atoms with Crippen molar-refractivity contribution in [2.45, 2.75) is 32.7 Å². The number of primary amides is 1. The number of nitrogens with two attached hydrogens (primary N) is 1. The van der Waals surface area contributed by atoms with Gasteiger partial charge in [-0.25, -0.2) is 0 Å². The van der Waals surface area contributed by atoms with Crippen molar-refractivity contribution in [1.82, 2.24) is 4.90 Å². The molecule has 138 valence electrons. The van der Waals surface area contributed by atoms with Crippen LogP contribution in [0.15, 0.2) is 54.6 Å². The van der Waals surface area contributed by atoms with E-state index >= 15 is 0 Å². The van der Waals surface area contributed by atoms with Crippen LogP contribution in [0.1, 0.15) is 37.3 Å². The Hall–Kier alpha value is -2.82. The van der Waals surface area contributed by atoms with Gasteiger partial charge in [-0.05, 0) is 23.1 Å². The average molecular weight is 354 g/mol. The molecule has 0 radical (unpaired) electrons. The van der Waals surface area contributed by atoms with Gasteiger partial charge in [0.25, 0.3) is 5.91 Å². The van der Waals surface area contributed by atoms with Crippen molar-refractivity contribution in [3.63, 3.8) is 0 Å². The Morgan fingerprint density at radius 2 is 1.69 bits per heavy atom. The highest BCUT2D eigenvalue weighted by molar-refractivity contribution is 5.79. The highest BCUT2D eigenvalue weighted by atomic mass is 16.5. The Morgan fingerprint density at radius 1 is 1.04 bits per heavy atom. The molecule has 0 saturated carbocycles. The Bertz CT molecular complexity index is 729. The number of carbonyl (C=O) groups is 2. The zero-order chi connectivity index (χ0) is 18.9. The van der Waals surface area contributed by atoms with E-state index < -0.39 is 5.91 Å². The number of ether oxygens (including phenoxy) is 1. The second kappa shape index (κ2) is 9.61. The van der Waals surface area contributed by atoms with Crippen LogP contribution < -0.4 is 10.5 Å². The van der Waals surface area contributed by atoms with Crippen LogP contribution >= 0.6 is 0 Å². The number of hydrogen-bond donors (Lipinski definition) is 1. The molecule has 0 atom stereocenters. The molecule has 2 rings (SSSR count). The summed E-state index contributed by atoms with van der Waals surface area (Å²) < 4.78 is 5.78. The van der Waals surface area contributed by atoms with E-state index in [0.717, 1.165) is 11.1 Å². The zero-order valence-electron chi connectivity index (χ0n) is 15.4. The minimum Gasteiger partial charge on any atom is -0.483 e. The molecule has 0 aliphatic carbocycles. The summed E-state index contributed by atoms with van der Waals surface area (Å²) in [4.78, 5) is 25.4. The third kappa shape index (κ3) is 5.92. The Balaban J connectivity index is 2.05. The lowest BCUT2D eigenvalue weighted by Gasteiger charge is -2.23. The van der Waals surface area contributed by atoms with E-state index in [4.69, 9.17) is 10.5 Å². The normalized spacial score (nSPS) is 10.6. The maximum atomic E-state index is 12.7. The lowest BCUT2D eigenvalue weighted by Crippen LogP contribution is -2.36. The van der Waals surface area contributed by atoms with Gasteiger partial charge in [-0.1, -0.05) is 62.4 Å². The van der Waals surface area contributed by atoms with Crippen LogP contribution in [0.25, 0.3) is 0 Å². The molecule has 2 amide bonds. The molecule has 0 aliphatic rings. The van der Waals surface area contributed by atoms with Gasteiger partial charge in [-0.2, -0.15) is 0 Å². The summed E-state index contributed by atoms with van der Waals surface area (Å²) in [6, 6.07) is 17.4. The molecular weight excluding hydrogens is 328 g/mol. The van der Waals surface area contributed by atoms with Crippen molar-refractivity contribution in [2.24, 2.45) is 5.73 Å². The van der Waals surface area contributed by atoms with Crippen molar-refractivity contribution in [2.75, 3.05) is 13.2 Å². The van der Waals surface area contributed by atoms with Crippen LogP contribution in [0.4, 0.5) is 0 Å². The molecule has 0 saturated heterocycles. The van der Waals surface area contributed by atoms with Crippen molar-refractivity contribution in [3.8, 4) is 5.75 Å². The summed E-state index contributed by atoms with van der Waals surface area (Å²) in [5.41, 5.74) is 7.30. The predicted molar refractivity (Wildman–Crippen MR) is 102 cm³/mol. The second-order valence-corrected chi connectivity index (χ2v) is 6.50. The maximum Gasteiger partial charge on any atom is 0.260 e. The van der Waals surface area contributed by atoms with Crippen molar-refractivity contribution >= 4 is 11.8 Å². The lowest BCUT2D eigenvalue weighted by molar-refractivity contribution is -0.134. The van der Waals surface area contributed by atoms with E-state index in [2.05, 4.69) is 13.8 Å². The summed E-state index contributed by atoms with van der Waals surface area (Å²) >= 11 is 0. The van der Waals surface area contributed by atoms with Crippen LogP contribution in [0.2, 0.25) is 0 Å². The summed E-state index contributed by atoms with van der Waals surface area (Å²) in [6.07, 6.45) is 0.126. The Kier molecular flexibility index (Phi) is 7.21. The van der Waals surface area contributed by atoms with Crippen LogP contribution in [-0.4, -0.2) is 29.9 Å². The Morgan fingerprint density at radius 3 is 2.35 bits per heavy atom. The molecule has 0 bridgehead atoms. The minimum absolute atomic E-state index is 0.0741. The number of amides is 2. The first kappa shape index (κ1) is 19.5. The highest BCUT2D eigenvalue weighted by Gasteiger charge is 2.17. The number of hydrogen-bond acceptors (Lipinski definition) is 3. The van der Waals surface area contributed by atoms with Gasteiger partial charge in [-0.3, -0.25) is 9.59 Å². The third-order valence-electron chi connectivity index (χ3n) is 4.09. The van der Waals surface area contributed by atoms with E-state index in [9.17, 15) is 9.59 Å². The number of benzene rings is 2. The maximum absolute atomic E-state index is 12.7. The molecule has 5 nitrogen and oxygen atoms in total. The SMILES string of the molecule is CC(C)c1ccccc1OCC(=O)N(CCC(N)=O)Cc1ccccc1. The molecule has 0 spiro atoms. The summed E-state index contributed by atoms with van der Waals surface area (Å²) in [5.74, 6) is 0.414. The number of carbonyl (C=O) groups excluding carboxylic acids is 2. The zero-order valence-corrected chi connectivity index (χ0v) is 15.4. The van der Waals surface area contributed by atoms with Gasteiger partial charge < -0.3 is 15.4 Å². The molecule has 2 aromatic rings. The lowest BCUT2D eigenvalue weighted by atomic mass is 10.0. The molecule has 0 unspecified atom stereocenters. The monoisotopic (exact) mass is 354 g/mol. The van der Waals surface area contributed by atoms with Gasteiger partial charge in [0.2, 0.25) is 5.91 Å². The third-order valence-corrected chi connectivity index (χ3v) is 4.09. The molecule has 0 heterocycles. The van der Waals surface area contributed by atoms with Crippen LogP contribution in [0.5, 0.6) is 5.75 Å². The summed E-state index contributed by atoms with van der Waals surface area (Å²) in [5, 5.41) is 0. The van der Waals surface area contributed by atoms with Crippen LogP contribution in [0, 0.1) is 0 Å². The van der Waals surface area contributed by atoms with Crippen molar-refractivity contribution < 1.29 is 14.3 Å². The molecule has 0 aliphatic heterocycles. The highest BCUT2D eigenvalue weighted by Crippen LogP contribution is 2.25. The molecule has 5 heteroatoms. The fourth-order valence-corrected chi connectivity index (χ4v) is 2.66.